The van der Waals surface area contributed by atoms with Crippen molar-refractivity contribution in [2.45, 2.75) is 31.7 Å². The van der Waals surface area contributed by atoms with E-state index in [1.54, 1.807) is 0 Å². The topological polar surface area (TPSA) is 38.0 Å². The lowest BCUT2D eigenvalue weighted by atomic mass is 10.0. The summed E-state index contributed by atoms with van der Waals surface area (Å²) in [6, 6.07) is 0.848. The standard InChI is InChI=1S/C9H18N2/c10-5-6-11-9-7-3-1-2-4-8(7)9/h7-9,11H,1-6,10H2. The van der Waals surface area contributed by atoms with Crippen LogP contribution in [0.2, 0.25) is 0 Å². The first kappa shape index (κ1) is 7.56. The van der Waals surface area contributed by atoms with Gasteiger partial charge in [0.2, 0.25) is 0 Å². The maximum absolute atomic E-state index is 5.43. The Kier molecular flexibility index (Phi) is 2.14. The molecule has 2 rings (SSSR count). The Morgan fingerprint density at radius 3 is 2.36 bits per heavy atom. The van der Waals surface area contributed by atoms with E-state index in [1.807, 2.05) is 0 Å². The highest BCUT2D eigenvalue weighted by Gasteiger charge is 2.49. The molecular formula is C9H18N2. The molecule has 2 aliphatic carbocycles. The van der Waals surface area contributed by atoms with Gasteiger partial charge in [-0.2, -0.15) is 0 Å². The lowest BCUT2D eigenvalue weighted by molar-refractivity contribution is 0.480. The maximum atomic E-state index is 5.43. The predicted molar refractivity (Wildman–Crippen MR) is 46.3 cm³/mol. The molecule has 0 saturated heterocycles. The molecule has 0 amide bonds. The molecule has 2 fully saturated rings. The van der Waals surface area contributed by atoms with Gasteiger partial charge >= 0.3 is 0 Å². The number of nitrogens with one attached hydrogen (secondary N) is 1. The summed E-state index contributed by atoms with van der Waals surface area (Å²) in [6.07, 6.45) is 5.85. The van der Waals surface area contributed by atoms with Gasteiger partial charge in [0, 0.05) is 19.1 Å². The van der Waals surface area contributed by atoms with Crippen LogP contribution in [0.4, 0.5) is 0 Å². The zero-order valence-electron chi connectivity index (χ0n) is 7.05. The second-order valence-electron chi connectivity index (χ2n) is 3.88. The molecule has 2 aliphatic rings. The van der Waals surface area contributed by atoms with Gasteiger partial charge in [0.1, 0.15) is 0 Å². The summed E-state index contributed by atoms with van der Waals surface area (Å²) >= 11 is 0. The minimum Gasteiger partial charge on any atom is -0.329 e. The van der Waals surface area contributed by atoms with Crippen molar-refractivity contribution in [1.82, 2.24) is 5.32 Å². The SMILES string of the molecule is NCCNC1C2CCCCC21. The second-order valence-corrected chi connectivity index (χ2v) is 3.88. The van der Waals surface area contributed by atoms with Gasteiger partial charge in [0.25, 0.3) is 0 Å². The van der Waals surface area contributed by atoms with Gasteiger partial charge in [-0.3, -0.25) is 0 Å². The van der Waals surface area contributed by atoms with Gasteiger partial charge in [0.15, 0.2) is 0 Å². The third-order valence-corrected chi connectivity index (χ3v) is 3.18. The van der Waals surface area contributed by atoms with Crippen molar-refractivity contribution in [1.29, 1.82) is 0 Å². The molecule has 2 atom stereocenters. The fourth-order valence-corrected chi connectivity index (χ4v) is 2.55. The van der Waals surface area contributed by atoms with E-state index in [1.165, 1.54) is 25.7 Å². The minimum absolute atomic E-state index is 0.788. The molecule has 3 N–H and O–H groups in total. The largest absolute Gasteiger partial charge is 0.329 e. The summed E-state index contributed by atoms with van der Waals surface area (Å²) in [5, 5.41) is 3.52. The van der Waals surface area contributed by atoms with Crippen LogP contribution < -0.4 is 11.1 Å². The van der Waals surface area contributed by atoms with Crippen LogP contribution in [0.5, 0.6) is 0 Å². The first-order valence-corrected chi connectivity index (χ1v) is 4.87. The first-order valence-electron chi connectivity index (χ1n) is 4.87. The summed E-state index contributed by atoms with van der Waals surface area (Å²) in [5.41, 5.74) is 5.43. The highest BCUT2D eigenvalue weighted by molar-refractivity contribution is 5.04. The van der Waals surface area contributed by atoms with E-state index in [4.69, 9.17) is 5.73 Å². The Bertz CT molecular complexity index is 124. The monoisotopic (exact) mass is 154 g/mol. The van der Waals surface area contributed by atoms with E-state index in [0.29, 0.717) is 0 Å². The second kappa shape index (κ2) is 3.11. The Morgan fingerprint density at radius 2 is 1.82 bits per heavy atom. The highest BCUT2D eigenvalue weighted by atomic mass is 15.0. The summed E-state index contributed by atoms with van der Waals surface area (Å²) in [4.78, 5) is 0. The van der Waals surface area contributed by atoms with E-state index < -0.39 is 0 Å². The molecule has 2 heteroatoms. The first-order chi connectivity index (χ1) is 5.43. The average Bonchev–Trinajstić information content (AvgIpc) is 2.75. The summed E-state index contributed by atoms with van der Waals surface area (Å²) in [6.45, 7) is 1.80. The zero-order valence-corrected chi connectivity index (χ0v) is 7.05. The van der Waals surface area contributed by atoms with Crippen LogP contribution in [0.15, 0.2) is 0 Å². The van der Waals surface area contributed by atoms with E-state index in [0.717, 1.165) is 31.0 Å². The van der Waals surface area contributed by atoms with Crippen molar-refractivity contribution < 1.29 is 0 Å². The fourth-order valence-electron chi connectivity index (χ4n) is 2.55. The van der Waals surface area contributed by atoms with Crippen LogP contribution in [0.3, 0.4) is 0 Å². The molecule has 64 valence electrons. The van der Waals surface area contributed by atoms with Crippen LogP contribution in [0.1, 0.15) is 25.7 Å². The lowest BCUT2D eigenvalue weighted by Gasteiger charge is -2.04. The van der Waals surface area contributed by atoms with Gasteiger partial charge in [-0.05, 0) is 24.7 Å². The molecule has 0 heterocycles. The third kappa shape index (κ3) is 1.42. The minimum atomic E-state index is 0.788. The number of hydrogen-bond donors (Lipinski definition) is 2. The highest BCUT2D eigenvalue weighted by Crippen LogP contribution is 2.49. The average molecular weight is 154 g/mol. The molecule has 0 spiro atoms. The van der Waals surface area contributed by atoms with Crippen LogP contribution >= 0.6 is 0 Å². The molecule has 2 nitrogen and oxygen atoms in total. The maximum Gasteiger partial charge on any atom is 0.0131 e. The number of hydrogen-bond acceptors (Lipinski definition) is 2. The number of nitrogens with two attached hydrogens (primary N) is 1. The van der Waals surface area contributed by atoms with Crippen LogP contribution in [-0.2, 0) is 0 Å². The van der Waals surface area contributed by atoms with Crippen molar-refractivity contribution >= 4 is 0 Å². The smallest absolute Gasteiger partial charge is 0.0131 e. The number of rotatable bonds is 3. The van der Waals surface area contributed by atoms with Crippen molar-refractivity contribution in [3.8, 4) is 0 Å². The summed E-state index contributed by atoms with van der Waals surface area (Å²) in [5.74, 6) is 2.05. The molecule has 0 aromatic heterocycles. The molecule has 0 aromatic rings. The molecule has 2 saturated carbocycles. The van der Waals surface area contributed by atoms with E-state index in [-0.39, 0.29) is 0 Å². The fraction of sp³-hybridized carbons (Fsp3) is 1.00. The van der Waals surface area contributed by atoms with Crippen molar-refractivity contribution in [3.05, 3.63) is 0 Å². The molecule has 0 radical (unpaired) electrons. The molecule has 0 bridgehead atoms. The van der Waals surface area contributed by atoms with E-state index >= 15 is 0 Å². The molecule has 2 unspecified atom stereocenters. The Hall–Kier alpha value is -0.0800. The Balaban J connectivity index is 1.72. The van der Waals surface area contributed by atoms with E-state index in [2.05, 4.69) is 5.32 Å². The van der Waals surface area contributed by atoms with Gasteiger partial charge in [-0.15, -0.1) is 0 Å². The Morgan fingerprint density at radius 1 is 1.18 bits per heavy atom. The summed E-state index contributed by atoms with van der Waals surface area (Å²) in [7, 11) is 0. The third-order valence-electron chi connectivity index (χ3n) is 3.18. The zero-order chi connectivity index (χ0) is 7.68. The van der Waals surface area contributed by atoms with Crippen LogP contribution in [0.25, 0.3) is 0 Å². The molecule has 11 heavy (non-hydrogen) atoms. The quantitative estimate of drug-likeness (QED) is 0.628. The van der Waals surface area contributed by atoms with Crippen LogP contribution in [0, 0.1) is 11.8 Å². The van der Waals surface area contributed by atoms with Gasteiger partial charge in [-0.25, -0.2) is 0 Å². The van der Waals surface area contributed by atoms with Crippen molar-refractivity contribution in [2.75, 3.05) is 13.1 Å². The molecule has 0 aliphatic heterocycles. The molecular weight excluding hydrogens is 136 g/mol. The predicted octanol–water partition coefficient (Wildman–Crippen LogP) is 0.723. The van der Waals surface area contributed by atoms with E-state index in [9.17, 15) is 0 Å². The van der Waals surface area contributed by atoms with Gasteiger partial charge in [-0.1, -0.05) is 12.8 Å². The van der Waals surface area contributed by atoms with Crippen LogP contribution in [-0.4, -0.2) is 19.1 Å². The Labute approximate surface area is 68.5 Å². The van der Waals surface area contributed by atoms with Gasteiger partial charge < -0.3 is 11.1 Å². The number of fused-ring (bicyclic) bond motifs is 1. The normalized spacial score (nSPS) is 41.7. The van der Waals surface area contributed by atoms with Gasteiger partial charge in [0.05, 0.1) is 0 Å². The lowest BCUT2D eigenvalue weighted by Crippen LogP contribution is -2.26. The summed E-state index contributed by atoms with van der Waals surface area (Å²) < 4.78 is 0. The van der Waals surface area contributed by atoms with Crippen molar-refractivity contribution in [3.63, 3.8) is 0 Å². The van der Waals surface area contributed by atoms with Crippen molar-refractivity contribution in [2.24, 2.45) is 17.6 Å². The molecule has 0 aromatic carbocycles.